The van der Waals surface area contributed by atoms with E-state index in [2.05, 4.69) is 29.7 Å². The second-order valence-corrected chi connectivity index (χ2v) is 5.77. The van der Waals surface area contributed by atoms with Gasteiger partial charge in [-0.2, -0.15) is 0 Å². The van der Waals surface area contributed by atoms with E-state index in [-0.39, 0.29) is 23.7 Å². The van der Waals surface area contributed by atoms with Gasteiger partial charge in [0, 0.05) is 13.7 Å². The third-order valence-corrected chi connectivity index (χ3v) is 4.40. The number of nitrogens with one attached hydrogen (secondary N) is 2. The number of amides is 1. The van der Waals surface area contributed by atoms with E-state index in [0.717, 1.165) is 32.4 Å². The van der Waals surface area contributed by atoms with Gasteiger partial charge in [-0.3, -0.25) is 4.79 Å². The average molecular weight is 327 g/mol. The van der Waals surface area contributed by atoms with Gasteiger partial charge in [-0.1, -0.05) is 31.2 Å². The van der Waals surface area contributed by atoms with E-state index < -0.39 is 0 Å². The molecule has 5 heteroatoms. The number of carbonyl (C=O) groups excluding carboxylic acids is 1. The van der Waals surface area contributed by atoms with E-state index >= 15 is 0 Å². The van der Waals surface area contributed by atoms with Gasteiger partial charge in [0.25, 0.3) is 0 Å². The summed E-state index contributed by atoms with van der Waals surface area (Å²) in [6, 6.07) is 8.28. The van der Waals surface area contributed by atoms with Crippen molar-refractivity contribution in [1.29, 1.82) is 0 Å². The minimum atomic E-state index is -0.374. The molecule has 0 aliphatic carbocycles. The van der Waals surface area contributed by atoms with Crippen molar-refractivity contribution in [2.75, 3.05) is 26.8 Å². The fourth-order valence-corrected chi connectivity index (χ4v) is 3.06. The zero-order valence-corrected chi connectivity index (χ0v) is 14.3. The zero-order valence-electron chi connectivity index (χ0n) is 13.5. The molecule has 1 fully saturated rings. The first-order chi connectivity index (χ1) is 10.2. The van der Waals surface area contributed by atoms with E-state index in [0.29, 0.717) is 13.2 Å². The van der Waals surface area contributed by atoms with Crippen LogP contribution in [0.1, 0.15) is 30.9 Å². The number of ether oxygens (including phenoxy) is 1. The molecule has 1 aliphatic rings. The Morgan fingerprint density at radius 1 is 1.27 bits per heavy atom. The number of benzene rings is 1. The SMILES string of the molecule is CCc1ccccc1CNC(=O)C1(COC)CCNCC1.Cl. The smallest absolute Gasteiger partial charge is 0.228 e. The second-order valence-electron chi connectivity index (χ2n) is 5.77. The highest BCUT2D eigenvalue weighted by atomic mass is 35.5. The Morgan fingerprint density at radius 3 is 2.50 bits per heavy atom. The molecular formula is C17H27ClN2O2. The predicted octanol–water partition coefficient (Wildman–Crippen LogP) is 2.30. The normalized spacial score (nSPS) is 16.6. The topological polar surface area (TPSA) is 50.4 Å². The monoisotopic (exact) mass is 326 g/mol. The number of carbonyl (C=O) groups is 1. The summed E-state index contributed by atoms with van der Waals surface area (Å²) in [5.41, 5.74) is 2.12. The maximum Gasteiger partial charge on any atom is 0.228 e. The summed E-state index contributed by atoms with van der Waals surface area (Å²) in [5.74, 6) is 0.122. The lowest BCUT2D eigenvalue weighted by molar-refractivity contribution is -0.136. The Balaban J connectivity index is 0.00000242. The molecule has 0 bridgehead atoms. The van der Waals surface area contributed by atoms with Crippen molar-refractivity contribution in [3.05, 3.63) is 35.4 Å². The maximum atomic E-state index is 12.7. The van der Waals surface area contributed by atoms with Gasteiger partial charge in [-0.15, -0.1) is 12.4 Å². The molecule has 0 radical (unpaired) electrons. The van der Waals surface area contributed by atoms with Crippen LogP contribution in [0.5, 0.6) is 0 Å². The van der Waals surface area contributed by atoms with Crippen LogP contribution in [0.15, 0.2) is 24.3 Å². The molecule has 22 heavy (non-hydrogen) atoms. The lowest BCUT2D eigenvalue weighted by Gasteiger charge is -2.35. The van der Waals surface area contributed by atoms with E-state index in [9.17, 15) is 4.79 Å². The molecule has 1 aromatic rings. The summed E-state index contributed by atoms with van der Waals surface area (Å²) in [5, 5.41) is 6.43. The van der Waals surface area contributed by atoms with Crippen molar-refractivity contribution in [2.24, 2.45) is 5.41 Å². The van der Waals surface area contributed by atoms with Crippen LogP contribution < -0.4 is 10.6 Å². The fraction of sp³-hybridized carbons (Fsp3) is 0.588. The molecule has 124 valence electrons. The molecule has 0 unspecified atom stereocenters. The number of piperidine rings is 1. The van der Waals surface area contributed by atoms with Crippen LogP contribution in [0, 0.1) is 5.41 Å². The summed E-state index contributed by atoms with van der Waals surface area (Å²) in [6.45, 7) is 4.99. The van der Waals surface area contributed by atoms with Crippen LogP contribution in [0.4, 0.5) is 0 Å². The molecule has 1 heterocycles. The molecule has 0 atom stereocenters. The van der Waals surface area contributed by atoms with E-state index in [4.69, 9.17) is 4.74 Å². The van der Waals surface area contributed by atoms with Crippen molar-refractivity contribution >= 4 is 18.3 Å². The van der Waals surface area contributed by atoms with Crippen LogP contribution in [0.2, 0.25) is 0 Å². The molecule has 1 aromatic carbocycles. The first-order valence-electron chi connectivity index (χ1n) is 7.76. The second kappa shape index (κ2) is 9.13. The predicted molar refractivity (Wildman–Crippen MR) is 91.3 cm³/mol. The van der Waals surface area contributed by atoms with Crippen LogP contribution in [-0.4, -0.2) is 32.7 Å². The molecule has 0 spiro atoms. The molecule has 2 rings (SSSR count). The third kappa shape index (κ3) is 4.45. The molecule has 0 aromatic heterocycles. The van der Waals surface area contributed by atoms with Gasteiger partial charge in [0.05, 0.1) is 12.0 Å². The van der Waals surface area contributed by atoms with Crippen LogP contribution in [0.25, 0.3) is 0 Å². The van der Waals surface area contributed by atoms with Gasteiger partial charge in [-0.25, -0.2) is 0 Å². The number of hydrogen-bond acceptors (Lipinski definition) is 3. The number of methoxy groups -OCH3 is 1. The molecule has 0 saturated carbocycles. The third-order valence-electron chi connectivity index (χ3n) is 4.40. The van der Waals surface area contributed by atoms with Crippen molar-refractivity contribution in [2.45, 2.75) is 32.7 Å². The lowest BCUT2D eigenvalue weighted by Crippen LogP contribution is -2.50. The van der Waals surface area contributed by atoms with Gasteiger partial charge in [0.15, 0.2) is 0 Å². The quantitative estimate of drug-likeness (QED) is 0.843. The Hall–Kier alpha value is -1.10. The summed E-state index contributed by atoms with van der Waals surface area (Å²) in [7, 11) is 1.67. The number of rotatable bonds is 6. The van der Waals surface area contributed by atoms with Crippen molar-refractivity contribution in [3.63, 3.8) is 0 Å². The summed E-state index contributed by atoms with van der Waals surface area (Å²) in [6.07, 6.45) is 2.66. The summed E-state index contributed by atoms with van der Waals surface area (Å²) in [4.78, 5) is 12.7. The summed E-state index contributed by atoms with van der Waals surface area (Å²) < 4.78 is 5.31. The van der Waals surface area contributed by atoms with Crippen LogP contribution in [-0.2, 0) is 22.5 Å². The maximum absolute atomic E-state index is 12.7. The van der Waals surface area contributed by atoms with E-state index in [1.165, 1.54) is 11.1 Å². The first-order valence-corrected chi connectivity index (χ1v) is 7.76. The first kappa shape index (κ1) is 18.9. The van der Waals surface area contributed by atoms with Crippen molar-refractivity contribution in [1.82, 2.24) is 10.6 Å². The molecule has 1 aliphatic heterocycles. The zero-order chi connectivity index (χ0) is 15.1. The molecule has 2 N–H and O–H groups in total. The highest BCUT2D eigenvalue weighted by Crippen LogP contribution is 2.29. The number of hydrogen-bond donors (Lipinski definition) is 2. The Kier molecular flexibility index (Phi) is 7.87. The van der Waals surface area contributed by atoms with Gasteiger partial charge < -0.3 is 15.4 Å². The van der Waals surface area contributed by atoms with E-state index in [1.54, 1.807) is 7.11 Å². The van der Waals surface area contributed by atoms with Gasteiger partial charge in [-0.05, 0) is 43.5 Å². The molecule has 1 saturated heterocycles. The Bertz CT molecular complexity index is 468. The fourth-order valence-electron chi connectivity index (χ4n) is 3.06. The highest BCUT2D eigenvalue weighted by Gasteiger charge is 2.39. The van der Waals surface area contributed by atoms with Gasteiger partial charge in [0.2, 0.25) is 5.91 Å². The summed E-state index contributed by atoms with van der Waals surface area (Å²) >= 11 is 0. The van der Waals surface area contributed by atoms with Crippen LogP contribution in [0.3, 0.4) is 0 Å². The van der Waals surface area contributed by atoms with Gasteiger partial charge in [0.1, 0.15) is 0 Å². The van der Waals surface area contributed by atoms with Crippen molar-refractivity contribution < 1.29 is 9.53 Å². The largest absolute Gasteiger partial charge is 0.384 e. The minimum Gasteiger partial charge on any atom is -0.384 e. The molecular weight excluding hydrogens is 300 g/mol. The Morgan fingerprint density at radius 2 is 1.91 bits per heavy atom. The average Bonchev–Trinajstić information content (AvgIpc) is 2.54. The standard InChI is InChI=1S/C17H26N2O2.ClH/c1-3-14-6-4-5-7-15(14)12-19-16(20)17(13-21-2)8-10-18-11-9-17;/h4-7,18H,3,8-13H2,1-2H3,(H,19,20);1H. The number of aryl methyl sites for hydroxylation is 1. The lowest BCUT2D eigenvalue weighted by atomic mass is 9.78. The number of halogens is 1. The molecule has 1 amide bonds. The Labute approximate surface area is 139 Å². The van der Waals surface area contributed by atoms with E-state index in [1.807, 2.05) is 12.1 Å². The minimum absolute atomic E-state index is 0. The van der Waals surface area contributed by atoms with Gasteiger partial charge >= 0.3 is 0 Å². The van der Waals surface area contributed by atoms with Crippen molar-refractivity contribution in [3.8, 4) is 0 Å². The molecule has 4 nitrogen and oxygen atoms in total. The van der Waals surface area contributed by atoms with Crippen LogP contribution >= 0.6 is 12.4 Å². The highest BCUT2D eigenvalue weighted by molar-refractivity contribution is 5.85.